The van der Waals surface area contributed by atoms with E-state index < -0.39 is 5.97 Å². The first-order valence-electron chi connectivity index (χ1n) is 8.39. The van der Waals surface area contributed by atoms with Gasteiger partial charge in [0.25, 0.3) is 5.91 Å². The lowest BCUT2D eigenvalue weighted by atomic mass is 10.2. The molecule has 0 radical (unpaired) electrons. The summed E-state index contributed by atoms with van der Waals surface area (Å²) in [6.45, 7) is 8.02. The molecule has 2 rings (SSSR count). The molecule has 6 heteroatoms. The smallest absolute Gasteiger partial charge is 0.356 e. The lowest BCUT2D eigenvalue weighted by molar-refractivity contribution is 0.0519. The molecular formula is C19H23N3O3. The Morgan fingerprint density at radius 2 is 1.64 bits per heavy atom. The molecular weight excluding hydrogens is 318 g/mol. The number of ether oxygens (including phenoxy) is 1. The number of carbonyl (C=O) groups excluding carboxylic acids is 2. The number of nitrogens with one attached hydrogen (secondary N) is 1. The van der Waals surface area contributed by atoms with Crippen molar-refractivity contribution in [1.82, 2.24) is 4.98 Å². The van der Waals surface area contributed by atoms with Crippen molar-refractivity contribution in [3.8, 4) is 0 Å². The number of anilines is 2. The van der Waals surface area contributed by atoms with Crippen molar-refractivity contribution in [1.29, 1.82) is 0 Å². The van der Waals surface area contributed by atoms with Gasteiger partial charge in [0, 0.05) is 24.5 Å². The van der Waals surface area contributed by atoms with Crippen LogP contribution >= 0.6 is 0 Å². The van der Waals surface area contributed by atoms with Crippen LogP contribution in [-0.4, -0.2) is 36.6 Å². The molecule has 0 spiro atoms. The molecule has 1 aromatic carbocycles. The zero-order valence-corrected chi connectivity index (χ0v) is 14.8. The van der Waals surface area contributed by atoms with Crippen LogP contribution in [0, 0.1) is 0 Å². The molecule has 0 aliphatic heterocycles. The van der Waals surface area contributed by atoms with E-state index in [-0.39, 0.29) is 23.9 Å². The molecule has 25 heavy (non-hydrogen) atoms. The normalized spacial score (nSPS) is 10.2. The Labute approximate surface area is 147 Å². The van der Waals surface area contributed by atoms with Crippen LogP contribution < -0.4 is 10.2 Å². The van der Waals surface area contributed by atoms with Crippen LogP contribution in [0.15, 0.2) is 42.5 Å². The predicted molar refractivity (Wildman–Crippen MR) is 98.1 cm³/mol. The number of aromatic nitrogens is 1. The average molecular weight is 341 g/mol. The molecule has 1 N–H and O–H groups in total. The zero-order valence-electron chi connectivity index (χ0n) is 14.8. The maximum atomic E-state index is 12.3. The van der Waals surface area contributed by atoms with Crippen molar-refractivity contribution in [2.45, 2.75) is 20.8 Å². The maximum Gasteiger partial charge on any atom is 0.356 e. The van der Waals surface area contributed by atoms with Crippen LogP contribution in [0.25, 0.3) is 0 Å². The van der Waals surface area contributed by atoms with Crippen LogP contribution in [0.4, 0.5) is 11.4 Å². The first kappa shape index (κ1) is 18.4. The monoisotopic (exact) mass is 341 g/mol. The van der Waals surface area contributed by atoms with E-state index in [9.17, 15) is 9.59 Å². The Morgan fingerprint density at radius 1 is 1.00 bits per heavy atom. The van der Waals surface area contributed by atoms with Crippen molar-refractivity contribution in [3.63, 3.8) is 0 Å². The van der Waals surface area contributed by atoms with Crippen LogP contribution in [-0.2, 0) is 4.74 Å². The van der Waals surface area contributed by atoms with E-state index in [1.165, 1.54) is 6.07 Å². The zero-order chi connectivity index (χ0) is 18.2. The Kier molecular flexibility index (Phi) is 6.51. The van der Waals surface area contributed by atoms with Gasteiger partial charge in [0.05, 0.1) is 6.61 Å². The number of pyridine rings is 1. The summed E-state index contributed by atoms with van der Waals surface area (Å²) >= 11 is 0. The number of nitrogens with zero attached hydrogens (tertiary/aromatic N) is 2. The van der Waals surface area contributed by atoms with Gasteiger partial charge >= 0.3 is 5.97 Å². The van der Waals surface area contributed by atoms with E-state index in [4.69, 9.17) is 4.74 Å². The highest BCUT2D eigenvalue weighted by Gasteiger charge is 2.13. The number of carbonyl (C=O) groups is 2. The Bertz CT molecular complexity index is 725. The van der Waals surface area contributed by atoms with E-state index in [0.717, 1.165) is 18.8 Å². The molecule has 0 aliphatic carbocycles. The van der Waals surface area contributed by atoms with Crippen LogP contribution in [0.1, 0.15) is 41.7 Å². The van der Waals surface area contributed by atoms with Gasteiger partial charge in [-0.15, -0.1) is 0 Å². The first-order valence-corrected chi connectivity index (χ1v) is 8.39. The Morgan fingerprint density at radius 3 is 2.24 bits per heavy atom. The second kappa shape index (κ2) is 8.82. The summed E-state index contributed by atoms with van der Waals surface area (Å²) in [5.74, 6) is -0.914. The lowest BCUT2D eigenvalue weighted by Gasteiger charge is -2.21. The van der Waals surface area contributed by atoms with Crippen molar-refractivity contribution in [2.24, 2.45) is 0 Å². The molecule has 1 amide bonds. The molecule has 0 saturated heterocycles. The number of rotatable bonds is 7. The minimum Gasteiger partial charge on any atom is -0.461 e. The molecule has 2 aromatic rings. The predicted octanol–water partition coefficient (Wildman–Crippen LogP) is 3.36. The summed E-state index contributed by atoms with van der Waals surface area (Å²) in [5.41, 5.74) is 2.06. The highest BCUT2D eigenvalue weighted by molar-refractivity contribution is 6.03. The fraction of sp³-hybridized carbons (Fsp3) is 0.316. The summed E-state index contributed by atoms with van der Waals surface area (Å²) in [4.78, 5) is 30.3. The number of hydrogen-bond acceptors (Lipinski definition) is 5. The average Bonchev–Trinajstić information content (AvgIpc) is 2.64. The van der Waals surface area contributed by atoms with Crippen molar-refractivity contribution in [2.75, 3.05) is 29.9 Å². The van der Waals surface area contributed by atoms with Gasteiger partial charge in [0.15, 0.2) is 0 Å². The second-order valence-corrected chi connectivity index (χ2v) is 5.30. The van der Waals surface area contributed by atoms with E-state index in [2.05, 4.69) is 29.0 Å². The molecule has 0 atom stereocenters. The van der Waals surface area contributed by atoms with Gasteiger partial charge in [0.1, 0.15) is 11.4 Å². The van der Waals surface area contributed by atoms with Gasteiger partial charge in [-0.3, -0.25) is 4.79 Å². The van der Waals surface area contributed by atoms with Crippen LogP contribution in [0.2, 0.25) is 0 Å². The van der Waals surface area contributed by atoms with Crippen LogP contribution in [0.3, 0.4) is 0 Å². The SMILES string of the molecule is CCOC(=O)c1cccc(C(=O)Nc2ccc(N(CC)CC)cc2)n1. The van der Waals surface area contributed by atoms with Gasteiger partial charge in [-0.05, 0) is 57.2 Å². The van der Waals surface area contributed by atoms with E-state index in [0.29, 0.717) is 5.69 Å². The molecule has 6 nitrogen and oxygen atoms in total. The van der Waals surface area contributed by atoms with E-state index in [1.54, 1.807) is 19.1 Å². The molecule has 0 aliphatic rings. The largest absolute Gasteiger partial charge is 0.461 e. The minimum absolute atomic E-state index is 0.117. The lowest BCUT2D eigenvalue weighted by Crippen LogP contribution is -2.21. The van der Waals surface area contributed by atoms with Gasteiger partial charge in [-0.1, -0.05) is 6.07 Å². The quantitative estimate of drug-likeness (QED) is 0.782. The van der Waals surface area contributed by atoms with Crippen LogP contribution in [0.5, 0.6) is 0 Å². The third-order valence-corrected chi connectivity index (χ3v) is 3.72. The van der Waals surface area contributed by atoms with Gasteiger partial charge in [-0.2, -0.15) is 0 Å². The van der Waals surface area contributed by atoms with Crippen molar-refractivity contribution >= 4 is 23.3 Å². The summed E-state index contributed by atoms with van der Waals surface area (Å²) in [5, 5.41) is 2.79. The summed E-state index contributed by atoms with van der Waals surface area (Å²) in [6.07, 6.45) is 0. The topological polar surface area (TPSA) is 71.5 Å². The van der Waals surface area contributed by atoms with E-state index >= 15 is 0 Å². The standard InChI is InChI=1S/C19H23N3O3/c1-4-22(5-2)15-12-10-14(11-13-15)20-18(23)16-8-7-9-17(21-16)19(24)25-6-3/h7-13H,4-6H2,1-3H3,(H,20,23). The molecule has 132 valence electrons. The summed E-state index contributed by atoms with van der Waals surface area (Å²) < 4.78 is 4.90. The number of amides is 1. The molecule has 1 heterocycles. The van der Waals surface area contributed by atoms with Gasteiger partial charge in [0.2, 0.25) is 0 Å². The summed E-state index contributed by atoms with van der Waals surface area (Å²) in [7, 11) is 0. The first-order chi connectivity index (χ1) is 12.1. The highest BCUT2D eigenvalue weighted by atomic mass is 16.5. The summed E-state index contributed by atoms with van der Waals surface area (Å²) in [6, 6.07) is 12.3. The highest BCUT2D eigenvalue weighted by Crippen LogP contribution is 2.18. The number of benzene rings is 1. The van der Waals surface area contributed by atoms with Gasteiger partial charge in [-0.25, -0.2) is 9.78 Å². The second-order valence-electron chi connectivity index (χ2n) is 5.30. The van der Waals surface area contributed by atoms with E-state index in [1.807, 2.05) is 24.3 Å². The Hall–Kier alpha value is -2.89. The number of hydrogen-bond donors (Lipinski definition) is 1. The molecule has 0 saturated carbocycles. The third kappa shape index (κ3) is 4.79. The van der Waals surface area contributed by atoms with Crippen molar-refractivity contribution < 1.29 is 14.3 Å². The molecule has 0 bridgehead atoms. The Balaban J connectivity index is 2.09. The fourth-order valence-electron chi connectivity index (χ4n) is 2.42. The molecule has 0 unspecified atom stereocenters. The minimum atomic E-state index is -0.541. The van der Waals surface area contributed by atoms with Gasteiger partial charge < -0.3 is 15.0 Å². The number of esters is 1. The third-order valence-electron chi connectivity index (χ3n) is 3.72. The molecule has 0 fully saturated rings. The molecule has 1 aromatic heterocycles. The fourth-order valence-corrected chi connectivity index (χ4v) is 2.42. The van der Waals surface area contributed by atoms with Crippen molar-refractivity contribution in [3.05, 3.63) is 53.9 Å². The maximum absolute atomic E-state index is 12.3.